The zero-order valence-corrected chi connectivity index (χ0v) is 10.5. The summed E-state index contributed by atoms with van der Waals surface area (Å²) in [5, 5.41) is 16.5. The molecule has 0 atom stereocenters. The lowest BCUT2D eigenvalue weighted by Gasteiger charge is -2.19. The molecule has 0 saturated carbocycles. The second kappa shape index (κ2) is 5.34. The van der Waals surface area contributed by atoms with Crippen LogP contribution in [0.15, 0.2) is 4.42 Å². The van der Waals surface area contributed by atoms with E-state index in [1.807, 2.05) is 20.1 Å². The maximum absolute atomic E-state index is 10.6. The van der Waals surface area contributed by atoms with Gasteiger partial charge in [-0.1, -0.05) is 13.8 Å². The minimum atomic E-state index is -0.811. The van der Waals surface area contributed by atoms with Crippen molar-refractivity contribution in [3.63, 3.8) is 0 Å². The van der Waals surface area contributed by atoms with E-state index in [-0.39, 0.29) is 11.8 Å². The van der Waals surface area contributed by atoms with Gasteiger partial charge in [0.05, 0.1) is 12.2 Å². The molecule has 16 heavy (non-hydrogen) atoms. The van der Waals surface area contributed by atoms with Crippen LogP contribution in [0.25, 0.3) is 0 Å². The van der Waals surface area contributed by atoms with Crippen molar-refractivity contribution in [2.24, 2.45) is 5.41 Å². The summed E-state index contributed by atoms with van der Waals surface area (Å²) in [6.07, 6.45) is 2.53. The van der Waals surface area contributed by atoms with Crippen LogP contribution in [-0.4, -0.2) is 27.5 Å². The first-order valence-electron chi connectivity index (χ1n) is 4.95. The summed E-state index contributed by atoms with van der Waals surface area (Å²) in [6, 6.07) is 0. The molecule has 0 fully saturated rings. The fourth-order valence-corrected chi connectivity index (χ4v) is 1.79. The molecule has 1 aromatic heterocycles. The first-order valence-corrected chi connectivity index (χ1v) is 6.34. The highest BCUT2D eigenvalue weighted by Gasteiger charge is 2.25. The third kappa shape index (κ3) is 4.22. The Bertz CT molecular complexity index is 363. The summed E-state index contributed by atoms with van der Waals surface area (Å²) in [5.74, 6) is 0.976. The van der Waals surface area contributed by atoms with Crippen LogP contribution in [0, 0.1) is 5.41 Å². The molecule has 6 heteroatoms. The van der Waals surface area contributed by atoms with Gasteiger partial charge in [-0.15, -0.1) is 10.2 Å². The number of carboxylic acids is 1. The van der Waals surface area contributed by atoms with Gasteiger partial charge in [0.1, 0.15) is 0 Å². The maximum Gasteiger partial charge on any atom is 0.303 e. The third-order valence-corrected chi connectivity index (χ3v) is 2.57. The molecule has 1 N–H and O–H groups in total. The number of rotatable bonds is 6. The van der Waals surface area contributed by atoms with Crippen LogP contribution in [0.3, 0.4) is 0 Å². The molecule has 5 nitrogen and oxygen atoms in total. The summed E-state index contributed by atoms with van der Waals surface area (Å²) in [5.41, 5.74) is -0.366. The number of thioether (sulfide) groups is 1. The molecule has 0 bridgehead atoms. The van der Waals surface area contributed by atoms with Crippen molar-refractivity contribution >= 4 is 17.7 Å². The molecular formula is C10H16N2O3S. The highest BCUT2D eigenvalue weighted by Crippen LogP contribution is 2.25. The Labute approximate surface area is 98.6 Å². The summed E-state index contributed by atoms with van der Waals surface area (Å²) >= 11 is 1.61. The monoisotopic (exact) mass is 244 g/mol. The normalized spacial score (nSPS) is 11.7. The average molecular weight is 244 g/mol. The summed E-state index contributed by atoms with van der Waals surface area (Å²) < 4.78 is 5.41. The van der Waals surface area contributed by atoms with Crippen LogP contribution >= 0.6 is 11.8 Å². The van der Waals surface area contributed by atoms with Gasteiger partial charge in [-0.25, -0.2) is 0 Å². The van der Waals surface area contributed by atoms with Gasteiger partial charge in [0.2, 0.25) is 11.8 Å². The van der Waals surface area contributed by atoms with Crippen molar-refractivity contribution in [2.75, 3.05) is 6.26 Å². The quantitative estimate of drug-likeness (QED) is 0.824. The Morgan fingerprint density at radius 3 is 2.62 bits per heavy atom. The molecule has 0 unspecified atom stereocenters. The lowest BCUT2D eigenvalue weighted by molar-refractivity contribution is -0.139. The highest BCUT2D eigenvalue weighted by atomic mass is 32.2. The molecule has 1 rings (SSSR count). The SMILES string of the molecule is CSCc1nnc(CC(C)(C)CC(=O)O)o1. The van der Waals surface area contributed by atoms with Gasteiger partial charge < -0.3 is 9.52 Å². The number of aromatic nitrogens is 2. The minimum absolute atomic E-state index is 0.0905. The Morgan fingerprint density at radius 2 is 2.06 bits per heavy atom. The molecule has 1 aromatic rings. The number of hydrogen-bond acceptors (Lipinski definition) is 5. The van der Waals surface area contributed by atoms with E-state index >= 15 is 0 Å². The van der Waals surface area contributed by atoms with Crippen LogP contribution in [0.1, 0.15) is 32.0 Å². The Morgan fingerprint density at radius 1 is 1.44 bits per heavy atom. The Kier molecular flexibility index (Phi) is 4.35. The average Bonchev–Trinajstić information content (AvgIpc) is 2.49. The van der Waals surface area contributed by atoms with Crippen molar-refractivity contribution in [2.45, 2.75) is 32.4 Å². The molecule has 90 valence electrons. The van der Waals surface area contributed by atoms with Gasteiger partial charge in [-0.2, -0.15) is 11.8 Å². The van der Waals surface area contributed by atoms with Crippen LogP contribution in [0.2, 0.25) is 0 Å². The summed E-state index contributed by atoms with van der Waals surface area (Å²) in [6.45, 7) is 3.75. The number of aliphatic carboxylic acids is 1. The predicted octanol–water partition coefficient (Wildman–Crippen LogP) is 1.98. The summed E-state index contributed by atoms with van der Waals surface area (Å²) in [4.78, 5) is 10.6. The van der Waals surface area contributed by atoms with Gasteiger partial charge in [0.25, 0.3) is 0 Å². The Hall–Kier alpha value is -1.04. The highest BCUT2D eigenvalue weighted by molar-refractivity contribution is 7.97. The molecule has 0 aliphatic rings. The van der Waals surface area contributed by atoms with E-state index in [0.717, 1.165) is 0 Å². The molecule has 0 aliphatic carbocycles. The van der Waals surface area contributed by atoms with E-state index in [9.17, 15) is 4.79 Å². The molecule has 0 spiro atoms. The van der Waals surface area contributed by atoms with Crippen molar-refractivity contribution in [3.05, 3.63) is 11.8 Å². The lowest BCUT2D eigenvalue weighted by Crippen LogP contribution is -2.19. The first-order chi connectivity index (χ1) is 7.43. The van der Waals surface area contributed by atoms with Crippen molar-refractivity contribution in [1.82, 2.24) is 10.2 Å². The van der Waals surface area contributed by atoms with Crippen LogP contribution in [-0.2, 0) is 17.0 Å². The van der Waals surface area contributed by atoms with E-state index < -0.39 is 5.97 Å². The molecular weight excluding hydrogens is 228 g/mol. The van der Waals surface area contributed by atoms with Gasteiger partial charge in [-0.3, -0.25) is 4.79 Å². The van der Waals surface area contributed by atoms with Crippen LogP contribution in [0.5, 0.6) is 0 Å². The van der Waals surface area contributed by atoms with Crippen LogP contribution in [0.4, 0.5) is 0 Å². The molecule has 0 aliphatic heterocycles. The van der Waals surface area contributed by atoms with Crippen LogP contribution < -0.4 is 0 Å². The molecule has 1 heterocycles. The standard InChI is InChI=1S/C10H16N2O3S/c1-10(2,5-9(13)14)4-7-11-12-8(15-7)6-16-3/h4-6H2,1-3H3,(H,13,14). The van der Waals surface area contributed by atoms with Crippen molar-refractivity contribution in [1.29, 1.82) is 0 Å². The molecule has 0 aromatic carbocycles. The fraction of sp³-hybridized carbons (Fsp3) is 0.700. The topological polar surface area (TPSA) is 76.2 Å². The van der Waals surface area contributed by atoms with Crippen molar-refractivity contribution < 1.29 is 14.3 Å². The summed E-state index contributed by atoms with van der Waals surface area (Å²) in [7, 11) is 0. The minimum Gasteiger partial charge on any atom is -0.481 e. The number of carboxylic acid groups (broad SMARTS) is 1. The van der Waals surface area contributed by atoms with E-state index in [0.29, 0.717) is 24.0 Å². The van der Waals surface area contributed by atoms with Gasteiger partial charge in [0.15, 0.2) is 0 Å². The zero-order valence-electron chi connectivity index (χ0n) is 9.69. The van der Waals surface area contributed by atoms with Gasteiger partial charge in [-0.05, 0) is 11.7 Å². The largest absolute Gasteiger partial charge is 0.481 e. The van der Waals surface area contributed by atoms with E-state index in [2.05, 4.69) is 10.2 Å². The third-order valence-electron chi connectivity index (χ3n) is 2.04. The van der Waals surface area contributed by atoms with E-state index in [1.165, 1.54) is 0 Å². The van der Waals surface area contributed by atoms with Gasteiger partial charge in [0, 0.05) is 6.42 Å². The molecule has 0 saturated heterocycles. The lowest BCUT2D eigenvalue weighted by atomic mass is 9.86. The second-order valence-corrected chi connectivity index (χ2v) is 5.30. The smallest absolute Gasteiger partial charge is 0.303 e. The fourth-order valence-electron chi connectivity index (χ4n) is 1.42. The number of hydrogen-bond donors (Lipinski definition) is 1. The van der Waals surface area contributed by atoms with Gasteiger partial charge >= 0.3 is 5.97 Å². The Balaban J connectivity index is 2.61. The maximum atomic E-state index is 10.6. The van der Waals surface area contributed by atoms with E-state index in [4.69, 9.17) is 9.52 Å². The first kappa shape index (κ1) is 13.0. The number of nitrogens with zero attached hydrogens (tertiary/aromatic N) is 2. The zero-order chi connectivity index (χ0) is 12.2. The molecule has 0 radical (unpaired) electrons. The number of carbonyl (C=O) groups is 1. The predicted molar refractivity (Wildman–Crippen MR) is 61.3 cm³/mol. The van der Waals surface area contributed by atoms with Crippen molar-refractivity contribution in [3.8, 4) is 0 Å². The van der Waals surface area contributed by atoms with E-state index in [1.54, 1.807) is 11.8 Å². The molecule has 0 amide bonds. The second-order valence-electron chi connectivity index (χ2n) is 4.43.